The fourth-order valence-corrected chi connectivity index (χ4v) is 1.93. The molecule has 1 heterocycles. The molecular weight excluding hydrogens is 274 g/mol. The number of aryl methyl sites for hydroxylation is 1. The van der Waals surface area contributed by atoms with Crippen molar-refractivity contribution in [3.63, 3.8) is 0 Å². The van der Waals surface area contributed by atoms with Gasteiger partial charge < -0.3 is 11.1 Å². The van der Waals surface area contributed by atoms with Crippen molar-refractivity contribution < 1.29 is 9.72 Å². The topological polar surface area (TPSA) is 116 Å². The molecule has 0 saturated heterocycles. The lowest BCUT2D eigenvalue weighted by Gasteiger charge is -2.07. The second-order valence-electron chi connectivity index (χ2n) is 4.55. The van der Waals surface area contributed by atoms with Crippen molar-refractivity contribution in [3.05, 3.63) is 51.8 Å². The van der Waals surface area contributed by atoms with E-state index < -0.39 is 10.8 Å². The van der Waals surface area contributed by atoms with E-state index in [1.54, 1.807) is 10.9 Å². The first kappa shape index (κ1) is 14.5. The number of anilines is 1. The van der Waals surface area contributed by atoms with Crippen LogP contribution in [0, 0.1) is 10.1 Å². The van der Waals surface area contributed by atoms with Crippen LogP contribution in [0.1, 0.15) is 15.9 Å². The van der Waals surface area contributed by atoms with E-state index in [1.807, 2.05) is 13.2 Å². The van der Waals surface area contributed by atoms with Crippen molar-refractivity contribution in [2.75, 3.05) is 11.9 Å². The van der Waals surface area contributed by atoms with E-state index in [-0.39, 0.29) is 11.3 Å². The lowest BCUT2D eigenvalue weighted by molar-refractivity contribution is -0.384. The molecule has 0 aliphatic rings. The van der Waals surface area contributed by atoms with Crippen LogP contribution in [-0.2, 0) is 13.5 Å². The first-order valence-electron chi connectivity index (χ1n) is 6.27. The van der Waals surface area contributed by atoms with Gasteiger partial charge in [-0.25, -0.2) is 0 Å². The zero-order chi connectivity index (χ0) is 15.4. The normalized spacial score (nSPS) is 10.3. The first-order valence-corrected chi connectivity index (χ1v) is 6.27. The summed E-state index contributed by atoms with van der Waals surface area (Å²) in [5.41, 5.74) is 6.45. The maximum atomic E-state index is 11.1. The van der Waals surface area contributed by atoms with E-state index in [1.165, 1.54) is 18.2 Å². The number of nitro groups is 1. The molecule has 1 aromatic carbocycles. The van der Waals surface area contributed by atoms with Gasteiger partial charge in [0, 0.05) is 31.4 Å². The molecule has 8 nitrogen and oxygen atoms in total. The lowest BCUT2D eigenvalue weighted by Crippen LogP contribution is -2.12. The van der Waals surface area contributed by atoms with Gasteiger partial charge in [-0.15, -0.1) is 0 Å². The minimum atomic E-state index is -0.694. The summed E-state index contributed by atoms with van der Waals surface area (Å²) in [7, 11) is 1.82. The Morgan fingerprint density at radius 1 is 1.52 bits per heavy atom. The molecule has 2 rings (SSSR count). The molecule has 110 valence electrons. The molecule has 0 aliphatic heterocycles. The van der Waals surface area contributed by atoms with Gasteiger partial charge in [0.25, 0.3) is 5.69 Å². The third-order valence-corrected chi connectivity index (χ3v) is 2.97. The number of primary amides is 1. The zero-order valence-electron chi connectivity index (χ0n) is 11.4. The van der Waals surface area contributed by atoms with Crippen LogP contribution in [0.3, 0.4) is 0 Å². The number of amides is 1. The van der Waals surface area contributed by atoms with Crippen LogP contribution in [0.5, 0.6) is 0 Å². The summed E-state index contributed by atoms with van der Waals surface area (Å²) in [6, 6.07) is 4.12. The largest absolute Gasteiger partial charge is 0.379 e. The Labute approximate surface area is 120 Å². The molecule has 3 N–H and O–H groups in total. The molecule has 0 atom stereocenters. The summed E-state index contributed by atoms with van der Waals surface area (Å²) < 4.78 is 1.69. The molecule has 0 aliphatic carbocycles. The van der Waals surface area contributed by atoms with Gasteiger partial charge in [0.15, 0.2) is 0 Å². The number of nitro benzene ring substituents is 1. The van der Waals surface area contributed by atoms with E-state index >= 15 is 0 Å². The first-order chi connectivity index (χ1) is 9.97. The third-order valence-electron chi connectivity index (χ3n) is 2.97. The lowest BCUT2D eigenvalue weighted by atomic mass is 10.1. The van der Waals surface area contributed by atoms with Crippen molar-refractivity contribution in [2.45, 2.75) is 6.42 Å². The Morgan fingerprint density at radius 2 is 2.29 bits per heavy atom. The van der Waals surface area contributed by atoms with Gasteiger partial charge in [0.1, 0.15) is 5.69 Å². The number of nitrogens with two attached hydrogens (primary N) is 1. The fraction of sp³-hybridized carbons (Fsp3) is 0.231. The Kier molecular flexibility index (Phi) is 4.17. The predicted molar refractivity (Wildman–Crippen MR) is 77.0 cm³/mol. The van der Waals surface area contributed by atoms with Gasteiger partial charge >= 0.3 is 0 Å². The summed E-state index contributed by atoms with van der Waals surface area (Å²) >= 11 is 0. The second-order valence-corrected chi connectivity index (χ2v) is 4.55. The third kappa shape index (κ3) is 3.56. The average Bonchev–Trinajstić information content (AvgIpc) is 2.84. The summed E-state index contributed by atoms with van der Waals surface area (Å²) in [5, 5.41) is 18.1. The number of hydrogen-bond donors (Lipinski definition) is 2. The van der Waals surface area contributed by atoms with Gasteiger partial charge in [-0.3, -0.25) is 19.6 Å². The molecule has 8 heteroatoms. The van der Waals surface area contributed by atoms with Gasteiger partial charge in [0.05, 0.1) is 11.1 Å². The van der Waals surface area contributed by atoms with E-state index in [0.717, 1.165) is 5.56 Å². The van der Waals surface area contributed by atoms with Crippen molar-refractivity contribution in [1.82, 2.24) is 9.78 Å². The molecule has 0 unspecified atom stereocenters. The molecule has 0 saturated carbocycles. The number of rotatable bonds is 6. The van der Waals surface area contributed by atoms with E-state index in [4.69, 9.17) is 5.73 Å². The number of hydrogen-bond acceptors (Lipinski definition) is 5. The van der Waals surface area contributed by atoms with Crippen LogP contribution < -0.4 is 11.1 Å². The summed E-state index contributed by atoms with van der Waals surface area (Å²) in [6.07, 6.45) is 4.31. The number of carbonyl (C=O) groups is 1. The van der Waals surface area contributed by atoms with E-state index in [0.29, 0.717) is 18.7 Å². The quantitative estimate of drug-likeness (QED) is 0.609. The van der Waals surface area contributed by atoms with Gasteiger partial charge in [-0.05, 0) is 24.1 Å². The van der Waals surface area contributed by atoms with Crippen LogP contribution in [0.25, 0.3) is 0 Å². The highest BCUT2D eigenvalue weighted by Crippen LogP contribution is 2.25. The van der Waals surface area contributed by atoms with Crippen LogP contribution >= 0.6 is 0 Å². The van der Waals surface area contributed by atoms with Crippen LogP contribution in [-0.4, -0.2) is 27.2 Å². The smallest absolute Gasteiger partial charge is 0.293 e. The van der Waals surface area contributed by atoms with Gasteiger partial charge in [-0.1, -0.05) is 0 Å². The molecule has 1 aromatic heterocycles. The van der Waals surface area contributed by atoms with E-state index in [2.05, 4.69) is 10.4 Å². The molecule has 0 fully saturated rings. The molecule has 0 radical (unpaired) electrons. The minimum Gasteiger partial charge on any atom is -0.379 e. The highest BCUT2D eigenvalue weighted by Gasteiger charge is 2.16. The average molecular weight is 289 g/mol. The maximum absolute atomic E-state index is 11.1. The Hall–Kier alpha value is -2.90. The Balaban J connectivity index is 2.08. The molecular formula is C13H15N5O3. The summed E-state index contributed by atoms with van der Waals surface area (Å²) in [6.45, 7) is 0.516. The van der Waals surface area contributed by atoms with Crippen molar-refractivity contribution >= 4 is 17.3 Å². The number of aromatic nitrogens is 2. The highest BCUT2D eigenvalue weighted by molar-refractivity contribution is 5.94. The number of nitrogens with one attached hydrogen (secondary N) is 1. The van der Waals surface area contributed by atoms with Crippen molar-refractivity contribution in [2.24, 2.45) is 12.8 Å². The van der Waals surface area contributed by atoms with Crippen LogP contribution in [0.4, 0.5) is 11.4 Å². The zero-order valence-corrected chi connectivity index (χ0v) is 11.4. The van der Waals surface area contributed by atoms with Crippen LogP contribution in [0.15, 0.2) is 30.6 Å². The summed E-state index contributed by atoms with van der Waals surface area (Å²) in [4.78, 5) is 21.5. The fourth-order valence-electron chi connectivity index (χ4n) is 1.93. The minimum absolute atomic E-state index is 0.111. The monoisotopic (exact) mass is 289 g/mol. The molecule has 0 spiro atoms. The van der Waals surface area contributed by atoms with Gasteiger partial charge in [-0.2, -0.15) is 5.10 Å². The van der Waals surface area contributed by atoms with E-state index in [9.17, 15) is 14.9 Å². The molecule has 2 aromatic rings. The number of carbonyl (C=O) groups excluding carboxylic acids is 1. The van der Waals surface area contributed by atoms with Crippen LogP contribution in [0.2, 0.25) is 0 Å². The van der Waals surface area contributed by atoms with Crippen molar-refractivity contribution in [1.29, 1.82) is 0 Å². The maximum Gasteiger partial charge on any atom is 0.293 e. The number of nitrogens with zero attached hydrogens (tertiary/aromatic N) is 3. The Morgan fingerprint density at radius 3 is 2.86 bits per heavy atom. The van der Waals surface area contributed by atoms with Gasteiger partial charge in [0.2, 0.25) is 5.91 Å². The molecule has 0 bridgehead atoms. The highest BCUT2D eigenvalue weighted by atomic mass is 16.6. The standard InChI is InChI=1S/C13H15N5O3/c1-17-8-9(7-16-17)4-5-15-11-3-2-10(13(14)19)6-12(11)18(20)21/h2-3,6-8,15H,4-5H2,1H3,(H2,14,19). The number of benzene rings is 1. The second kappa shape index (κ2) is 6.04. The predicted octanol–water partition coefficient (Wildman–Crippen LogP) is 1.08. The molecule has 1 amide bonds. The SMILES string of the molecule is Cn1cc(CCNc2ccc(C(N)=O)cc2[N+](=O)[O-])cn1. The Bertz CT molecular complexity index is 680. The van der Waals surface area contributed by atoms with Crippen molar-refractivity contribution in [3.8, 4) is 0 Å². The molecule has 21 heavy (non-hydrogen) atoms. The summed E-state index contributed by atoms with van der Waals surface area (Å²) in [5.74, 6) is -0.694.